The molecule has 0 aromatic heterocycles. The van der Waals surface area contributed by atoms with Crippen molar-refractivity contribution in [2.75, 3.05) is 26.7 Å². The number of hydrogen-bond donors (Lipinski definition) is 2. The Kier molecular flexibility index (Phi) is 4.41. The molecule has 0 bridgehead atoms. The van der Waals surface area contributed by atoms with Gasteiger partial charge in [0.15, 0.2) is 0 Å². The highest BCUT2D eigenvalue weighted by Gasteiger charge is 2.36. The van der Waals surface area contributed by atoms with Gasteiger partial charge in [-0.3, -0.25) is 14.6 Å². The van der Waals surface area contributed by atoms with Gasteiger partial charge in [-0.25, -0.2) is 0 Å². The predicted octanol–water partition coefficient (Wildman–Crippen LogP) is -0.00630. The number of carbonyl (C=O) groups is 1. The molecular weight excluding hydrogens is 228 g/mol. The average molecular weight is 256 g/mol. The second-order valence-electron chi connectivity index (χ2n) is 6.54. The fourth-order valence-electron chi connectivity index (χ4n) is 2.50. The summed E-state index contributed by atoms with van der Waals surface area (Å²) in [6.07, 6.45) is 0.599. The molecule has 0 aliphatic carbocycles. The van der Waals surface area contributed by atoms with Crippen LogP contribution in [0.2, 0.25) is 0 Å². The lowest BCUT2D eigenvalue weighted by Gasteiger charge is -2.48. The summed E-state index contributed by atoms with van der Waals surface area (Å²) in [4.78, 5) is 16.1. The Morgan fingerprint density at radius 3 is 2.44 bits per heavy atom. The van der Waals surface area contributed by atoms with Gasteiger partial charge in [-0.2, -0.15) is 0 Å². The lowest BCUT2D eigenvalue weighted by molar-refractivity contribution is -0.123. The topological polar surface area (TPSA) is 75.6 Å². The number of rotatable bonds is 4. The smallest absolute Gasteiger partial charge is 0.237 e. The van der Waals surface area contributed by atoms with Crippen LogP contribution in [0.5, 0.6) is 0 Å². The first-order chi connectivity index (χ1) is 8.06. The largest absolute Gasteiger partial charge is 0.368 e. The van der Waals surface area contributed by atoms with Crippen molar-refractivity contribution in [3.8, 4) is 0 Å². The zero-order chi connectivity index (χ0) is 14.1. The van der Waals surface area contributed by atoms with Crippen molar-refractivity contribution >= 4 is 5.91 Å². The molecule has 1 saturated heterocycles. The van der Waals surface area contributed by atoms with E-state index in [-0.39, 0.29) is 11.6 Å². The van der Waals surface area contributed by atoms with Crippen LogP contribution >= 0.6 is 0 Å². The van der Waals surface area contributed by atoms with Crippen molar-refractivity contribution in [2.45, 2.75) is 51.2 Å². The first kappa shape index (κ1) is 15.4. The van der Waals surface area contributed by atoms with Crippen LogP contribution in [0, 0.1) is 0 Å². The maximum Gasteiger partial charge on any atom is 0.237 e. The second-order valence-corrected chi connectivity index (χ2v) is 6.54. The summed E-state index contributed by atoms with van der Waals surface area (Å²) in [7, 11) is 2.15. The summed E-state index contributed by atoms with van der Waals surface area (Å²) in [6.45, 7) is 11.3. The number of nitrogens with two attached hydrogens (primary N) is 2. The molecule has 0 spiro atoms. The van der Waals surface area contributed by atoms with E-state index in [0.29, 0.717) is 6.42 Å². The van der Waals surface area contributed by atoms with Gasteiger partial charge in [0, 0.05) is 31.2 Å². The Bertz CT molecular complexity index is 314. The molecule has 2 atom stereocenters. The van der Waals surface area contributed by atoms with Crippen LogP contribution in [0.25, 0.3) is 0 Å². The highest BCUT2D eigenvalue weighted by atomic mass is 16.1. The molecule has 106 valence electrons. The number of primary amides is 1. The second kappa shape index (κ2) is 5.15. The molecule has 1 aliphatic rings. The standard InChI is InChI=1S/C13H28N4O/c1-10(8-13(4,15)11(14)18)17-7-6-16(5)12(2,3)9-17/h10H,6-9,15H2,1-5H3,(H2,14,18). The van der Waals surface area contributed by atoms with Gasteiger partial charge in [-0.05, 0) is 41.2 Å². The van der Waals surface area contributed by atoms with Crippen LogP contribution in [-0.4, -0.2) is 59.5 Å². The van der Waals surface area contributed by atoms with Crippen LogP contribution < -0.4 is 11.5 Å². The van der Waals surface area contributed by atoms with E-state index in [1.165, 1.54) is 0 Å². The number of nitrogens with zero attached hydrogens (tertiary/aromatic N) is 2. The summed E-state index contributed by atoms with van der Waals surface area (Å²) in [6, 6.07) is 0.264. The zero-order valence-corrected chi connectivity index (χ0v) is 12.4. The van der Waals surface area contributed by atoms with Gasteiger partial charge in [-0.1, -0.05) is 0 Å². The molecule has 5 nitrogen and oxygen atoms in total. The average Bonchev–Trinajstić information content (AvgIpc) is 2.21. The molecular formula is C13H28N4O. The van der Waals surface area contributed by atoms with Crippen LogP contribution in [-0.2, 0) is 4.79 Å². The molecule has 1 amide bonds. The van der Waals surface area contributed by atoms with Gasteiger partial charge in [0.1, 0.15) is 0 Å². The van der Waals surface area contributed by atoms with Crippen molar-refractivity contribution in [3.05, 3.63) is 0 Å². The van der Waals surface area contributed by atoms with E-state index in [0.717, 1.165) is 19.6 Å². The Morgan fingerprint density at radius 2 is 2.00 bits per heavy atom. The maximum absolute atomic E-state index is 11.3. The molecule has 1 fully saturated rings. The highest BCUT2D eigenvalue weighted by Crippen LogP contribution is 2.23. The molecule has 0 radical (unpaired) electrons. The summed E-state index contributed by atoms with van der Waals surface area (Å²) >= 11 is 0. The minimum absolute atomic E-state index is 0.157. The van der Waals surface area contributed by atoms with Crippen LogP contribution in [0.1, 0.15) is 34.1 Å². The van der Waals surface area contributed by atoms with Crippen molar-refractivity contribution in [1.29, 1.82) is 0 Å². The van der Waals surface area contributed by atoms with Gasteiger partial charge in [-0.15, -0.1) is 0 Å². The molecule has 0 aromatic rings. The molecule has 4 N–H and O–H groups in total. The van der Waals surface area contributed by atoms with Crippen molar-refractivity contribution in [2.24, 2.45) is 11.5 Å². The quantitative estimate of drug-likeness (QED) is 0.742. The maximum atomic E-state index is 11.3. The summed E-state index contributed by atoms with van der Waals surface area (Å²) < 4.78 is 0. The van der Waals surface area contributed by atoms with E-state index in [9.17, 15) is 4.79 Å². The van der Waals surface area contributed by atoms with Crippen LogP contribution in [0.3, 0.4) is 0 Å². The first-order valence-corrected chi connectivity index (χ1v) is 6.60. The minimum atomic E-state index is -0.924. The van der Waals surface area contributed by atoms with E-state index in [2.05, 4.69) is 37.6 Å². The number of piperazine rings is 1. The molecule has 0 aromatic carbocycles. The molecule has 18 heavy (non-hydrogen) atoms. The molecule has 5 heteroatoms. The van der Waals surface area contributed by atoms with Gasteiger partial charge in [0.25, 0.3) is 0 Å². The predicted molar refractivity (Wildman–Crippen MR) is 74.1 cm³/mol. The lowest BCUT2D eigenvalue weighted by atomic mass is 9.91. The lowest BCUT2D eigenvalue weighted by Crippen LogP contribution is -2.61. The summed E-state index contributed by atoms with van der Waals surface area (Å²) in [5.74, 6) is -0.428. The Labute approximate surface area is 110 Å². The number of carbonyl (C=O) groups excluding carboxylic acids is 1. The molecule has 1 rings (SSSR count). The van der Waals surface area contributed by atoms with Crippen LogP contribution in [0.4, 0.5) is 0 Å². The normalized spacial score (nSPS) is 26.6. The Balaban J connectivity index is 2.63. The van der Waals surface area contributed by atoms with Crippen molar-refractivity contribution < 1.29 is 4.79 Å². The van der Waals surface area contributed by atoms with Crippen molar-refractivity contribution in [3.63, 3.8) is 0 Å². The molecule has 1 heterocycles. The molecule has 0 saturated carbocycles. The zero-order valence-electron chi connectivity index (χ0n) is 12.4. The van der Waals surface area contributed by atoms with E-state index in [1.807, 2.05) is 0 Å². The molecule has 2 unspecified atom stereocenters. The monoisotopic (exact) mass is 256 g/mol. The van der Waals surface area contributed by atoms with Gasteiger partial charge < -0.3 is 11.5 Å². The summed E-state index contributed by atoms with van der Waals surface area (Å²) in [5, 5.41) is 0. The van der Waals surface area contributed by atoms with E-state index >= 15 is 0 Å². The van der Waals surface area contributed by atoms with Crippen LogP contribution in [0.15, 0.2) is 0 Å². The van der Waals surface area contributed by atoms with Gasteiger partial charge in [0.2, 0.25) is 5.91 Å². The third kappa shape index (κ3) is 3.43. The van der Waals surface area contributed by atoms with E-state index in [4.69, 9.17) is 11.5 Å². The Morgan fingerprint density at radius 1 is 1.44 bits per heavy atom. The highest BCUT2D eigenvalue weighted by molar-refractivity contribution is 5.83. The first-order valence-electron chi connectivity index (χ1n) is 6.60. The van der Waals surface area contributed by atoms with Crippen molar-refractivity contribution in [1.82, 2.24) is 9.80 Å². The molecule has 1 aliphatic heterocycles. The fraction of sp³-hybridized carbons (Fsp3) is 0.923. The Hall–Kier alpha value is -0.650. The number of amides is 1. The summed E-state index contributed by atoms with van der Waals surface area (Å²) in [5.41, 5.74) is 10.5. The third-order valence-corrected chi connectivity index (χ3v) is 4.25. The van der Waals surface area contributed by atoms with E-state index < -0.39 is 11.4 Å². The van der Waals surface area contributed by atoms with Gasteiger partial charge >= 0.3 is 0 Å². The minimum Gasteiger partial charge on any atom is -0.368 e. The third-order valence-electron chi connectivity index (χ3n) is 4.25. The number of hydrogen-bond acceptors (Lipinski definition) is 4. The fourth-order valence-corrected chi connectivity index (χ4v) is 2.50. The van der Waals surface area contributed by atoms with Gasteiger partial charge in [0.05, 0.1) is 5.54 Å². The number of likely N-dealkylation sites (N-methyl/N-ethyl adjacent to an activating group) is 1. The van der Waals surface area contributed by atoms with E-state index in [1.54, 1.807) is 6.92 Å². The SMILES string of the molecule is CC(CC(C)(N)C(N)=O)N1CCN(C)C(C)(C)C1.